The fourth-order valence-electron chi connectivity index (χ4n) is 1.13. The van der Waals surface area contributed by atoms with Crippen molar-refractivity contribution in [2.75, 3.05) is 7.11 Å². The molecule has 0 saturated heterocycles. The second-order valence-corrected chi connectivity index (χ2v) is 2.94. The van der Waals surface area contributed by atoms with Gasteiger partial charge in [0.15, 0.2) is 11.6 Å². The number of methoxy groups -OCH3 is 1. The summed E-state index contributed by atoms with van der Waals surface area (Å²) < 4.78 is 30.2. The summed E-state index contributed by atoms with van der Waals surface area (Å²) in [7, 11) is 1.15. The van der Waals surface area contributed by atoms with Crippen LogP contribution in [0.15, 0.2) is 18.2 Å². The smallest absolute Gasteiger partial charge is 0.308 e. The molecule has 0 aliphatic heterocycles. The number of hydrogen-bond donors (Lipinski definition) is 1. The molecule has 0 unspecified atom stereocenters. The number of esters is 1. The van der Waals surface area contributed by atoms with E-state index in [1.54, 1.807) is 0 Å². The van der Waals surface area contributed by atoms with Crippen molar-refractivity contribution in [3.8, 4) is 0 Å². The van der Waals surface area contributed by atoms with Gasteiger partial charge < -0.3 is 9.84 Å². The Morgan fingerprint density at radius 1 is 1.53 bits per heavy atom. The maximum absolute atomic E-state index is 13.1. The molecule has 0 saturated carbocycles. The highest BCUT2D eigenvalue weighted by atomic mass is 19.2. The van der Waals surface area contributed by atoms with Crippen LogP contribution in [0.25, 0.3) is 0 Å². The number of hydrogen-bond acceptors (Lipinski definition) is 3. The molecule has 1 rings (SSSR count). The quantitative estimate of drug-likeness (QED) is 0.780. The Morgan fingerprint density at radius 2 is 2.20 bits per heavy atom. The first kappa shape index (κ1) is 11.6. The number of rotatable bonds is 3. The second-order valence-electron chi connectivity index (χ2n) is 2.94. The van der Waals surface area contributed by atoms with E-state index in [1.165, 1.54) is 12.1 Å². The van der Waals surface area contributed by atoms with Gasteiger partial charge in [-0.25, -0.2) is 8.78 Å². The largest absolute Gasteiger partial charge is 0.469 e. The third-order valence-electron chi connectivity index (χ3n) is 1.93. The van der Waals surface area contributed by atoms with Crippen LogP contribution in [0, 0.1) is 11.6 Å². The van der Waals surface area contributed by atoms with Crippen molar-refractivity contribution in [2.24, 2.45) is 0 Å². The summed E-state index contributed by atoms with van der Waals surface area (Å²) in [4.78, 5) is 10.8. The summed E-state index contributed by atoms with van der Waals surface area (Å²) in [6, 6.07) is 3.41. The minimum atomic E-state index is -1.40. The van der Waals surface area contributed by atoms with Crippen LogP contribution >= 0.6 is 0 Å². The zero-order chi connectivity index (χ0) is 11.4. The summed E-state index contributed by atoms with van der Waals surface area (Å²) >= 11 is 0. The maximum atomic E-state index is 13.1. The Balaban J connectivity index is 2.86. The first-order valence-electron chi connectivity index (χ1n) is 4.25. The van der Waals surface area contributed by atoms with Crippen LogP contribution < -0.4 is 0 Å². The van der Waals surface area contributed by atoms with Crippen molar-refractivity contribution < 1.29 is 23.4 Å². The van der Waals surface area contributed by atoms with Gasteiger partial charge in [-0.15, -0.1) is 0 Å². The van der Waals surface area contributed by atoms with Crippen molar-refractivity contribution in [1.29, 1.82) is 0 Å². The molecule has 0 amide bonds. The average molecular weight is 216 g/mol. The minimum Gasteiger partial charge on any atom is -0.469 e. The van der Waals surface area contributed by atoms with Gasteiger partial charge in [0.25, 0.3) is 0 Å². The van der Waals surface area contributed by atoms with Gasteiger partial charge in [0.05, 0.1) is 19.6 Å². The lowest BCUT2D eigenvalue weighted by Gasteiger charge is -2.10. The van der Waals surface area contributed by atoms with Crippen LogP contribution in [0.5, 0.6) is 0 Å². The highest BCUT2D eigenvalue weighted by Gasteiger charge is 2.18. The molecule has 0 bridgehead atoms. The molecule has 1 aromatic rings. The predicted molar refractivity (Wildman–Crippen MR) is 48.0 cm³/mol. The molecule has 0 aliphatic carbocycles. The Labute approximate surface area is 85.3 Å². The molecule has 82 valence electrons. The number of carbonyl (C=O) groups excluding carboxylic acids is 1. The van der Waals surface area contributed by atoms with E-state index in [1.807, 2.05) is 0 Å². The Hall–Kier alpha value is -1.49. The summed E-state index contributed by atoms with van der Waals surface area (Å²) in [5.74, 6) is -2.89. The predicted octanol–water partition coefficient (Wildman–Crippen LogP) is 1.56. The van der Waals surface area contributed by atoms with Gasteiger partial charge in [-0.1, -0.05) is 12.1 Å². The molecule has 3 nitrogen and oxygen atoms in total. The van der Waals surface area contributed by atoms with Crippen molar-refractivity contribution in [3.05, 3.63) is 35.4 Å². The molecule has 1 atom stereocenters. The minimum absolute atomic E-state index is 0.250. The van der Waals surface area contributed by atoms with Gasteiger partial charge in [-0.2, -0.15) is 0 Å². The zero-order valence-electron chi connectivity index (χ0n) is 8.04. The lowest BCUT2D eigenvalue weighted by Crippen LogP contribution is -2.10. The van der Waals surface area contributed by atoms with Crippen LogP contribution in [-0.4, -0.2) is 18.2 Å². The SMILES string of the molecule is COC(=O)C[C@@H](O)c1cccc(F)c1F. The summed E-state index contributed by atoms with van der Waals surface area (Å²) in [6.07, 6.45) is -1.80. The van der Waals surface area contributed by atoms with Crippen molar-refractivity contribution in [3.63, 3.8) is 0 Å². The van der Waals surface area contributed by atoms with E-state index in [2.05, 4.69) is 4.74 Å². The van der Waals surface area contributed by atoms with Crippen molar-refractivity contribution in [1.82, 2.24) is 0 Å². The number of ether oxygens (including phenoxy) is 1. The molecule has 0 fully saturated rings. The molecule has 0 radical (unpaired) electrons. The van der Waals surface area contributed by atoms with Crippen LogP contribution in [0.4, 0.5) is 8.78 Å². The van der Waals surface area contributed by atoms with Crippen LogP contribution in [-0.2, 0) is 9.53 Å². The van der Waals surface area contributed by atoms with Crippen LogP contribution in [0.1, 0.15) is 18.1 Å². The number of aliphatic hydroxyl groups excluding tert-OH is 1. The van der Waals surface area contributed by atoms with E-state index in [0.29, 0.717) is 0 Å². The molecule has 15 heavy (non-hydrogen) atoms. The Morgan fingerprint density at radius 3 is 2.80 bits per heavy atom. The number of benzene rings is 1. The van der Waals surface area contributed by atoms with Gasteiger partial charge in [-0.3, -0.25) is 4.79 Å². The van der Waals surface area contributed by atoms with Crippen LogP contribution in [0.3, 0.4) is 0 Å². The third kappa shape index (κ3) is 2.73. The number of aliphatic hydroxyl groups is 1. The molecule has 0 aliphatic rings. The highest BCUT2D eigenvalue weighted by Crippen LogP contribution is 2.21. The Bertz CT molecular complexity index is 366. The molecular formula is C10H10F2O3. The van der Waals surface area contributed by atoms with Crippen molar-refractivity contribution >= 4 is 5.97 Å². The van der Waals surface area contributed by atoms with Gasteiger partial charge in [0, 0.05) is 5.56 Å². The zero-order valence-corrected chi connectivity index (χ0v) is 8.04. The molecule has 0 heterocycles. The standard InChI is InChI=1S/C10H10F2O3/c1-15-9(14)5-8(13)6-3-2-4-7(11)10(6)12/h2-4,8,13H,5H2,1H3/t8-/m1/s1. The van der Waals surface area contributed by atoms with Gasteiger partial charge in [0.1, 0.15) is 0 Å². The lowest BCUT2D eigenvalue weighted by atomic mass is 10.1. The normalized spacial score (nSPS) is 12.3. The third-order valence-corrected chi connectivity index (χ3v) is 1.93. The fraction of sp³-hybridized carbons (Fsp3) is 0.300. The van der Waals surface area contributed by atoms with Gasteiger partial charge >= 0.3 is 5.97 Å². The number of halogens is 2. The van der Waals surface area contributed by atoms with E-state index in [4.69, 9.17) is 0 Å². The number of carbonyl (C=O) groups is 1. The van der Waals surface area contributed by atoms with E-state index in [-0.39, 0.29) is 5.56 Å². The summed E-state index contributed by atoms with van der Waals surface area (Å²) in [6.45, 7) is 0. The highest BCUT2D eigenvalue weighted by molar-refractivity contribution is 5.70. The molecule has 0 spiro atoms. The molecule has 1 N–H and O–H groups in total. The van der Waals surface area contributed by atoms with E-state index < -0.39 is 30.1 Å². The fourth-order valence-corrected chi connectivity index (χ4v) is 1.13. The van der Waals surface area contributed by atoms with Gasteiger partial charge in [0.2, 0.25) is 0 Å². The first-order valence-corrected chi connectivity index (χ1v) is 4.25. The van der Waals surface area contributed by atoms with E-state index >= 15 is 0 Å². The van der Waals surface area contributed by atoms with Gasteiger partial charge in [-0.05, 0) is 6.07 Å². The molecule has 5 heteroatoms. The van der Waals surface area contributed by atoms with Crippen LogP contribution in [0.2, 0.25) is 0 Å². The molecule has 0 aromatic heterocycles. The first-order chi connectivity index (χ1) is 7.06. The molecule has 1 aromatic carbocycles. The Kier molecular flexibility index (Phi) is 3.74. The maximum Gasteiger partial charge on any atom is 0.308 e. The second kappa shape index (κ2) is 4.84. The summed E-state index contributed by atoms with van der Waals surface area (Å²) in [5.41, 5.74) is -0.250. The monoisotopic (exact) mass is 216 g/mol. The van der Waals surface area contributed by atoms with E-state index in [9.17, 15) is 18.7 Å². The molecular weight excluding hydrogens is 206 g/mol. The van der Waals surface area contributed by atoms with E-state index in [0.717, 1.165) is 13.2 Å². The topological polar surface area (TPSA) is 46.5 Å². The summed E-state index contributed by atoms with van der Waals surface area (Å²) in [5, 5.41) is 9.42. The lowest BCUT2D eigenvalue weighted by molar-refractivity contribution is -0.142. The average Bonchev–Trinajstić information content (AvgIpc) is 2.21. The van der Waals surface area contributed by atoms with Crippen molar-refractivity contribution in [2.45, 2.75) is 12.5 Å².